The number of hydrogen-bond donors (Lipinski definition) is 1. The van der Waals surface area contributed by atoms with Crippen LogP contribution in [0.1, 0.15) is 37.7 Å². The molecule has 2 atom stereocenters. The average molecular weight is 297 g/mol. The van der Waals surface area contributed by atoms with Gasteiger partial charge in [-0.05, 0) is 24.4 Å². The lowest BCUT2D eigenvalue weighted by Gasteiger charge is -2.16. The van der Waals surface area contributed by atoms with Crippen LogP contribution in [0.3, 0.4) is 0 Å². The quantitative estimate of drug-likeness (QED) is 0.908. The lowest BCUT2D eigenvalue weighted by Crippen LogP contribution is -2.29. The zero-order valence-corrected chi connectivity index (χ0v) is 12.9. The first-order chi connectivity index (χ1) is 9.26. The maximum Gasteiger partial charge on any atom is 0.222 e. The largest absolute Gasteiger partial charge is 0.342 e. The van der Waals surface area contributed by atoms with Crippen molar-refractivity contribution in [2.45, 2.75) is 32.1 Å². The fourth-order valence-electron chi connectivity index (χ4n) is 2.88. The van der Waals surface area contributed by atoms with Crippen molar-refractivity contribution in [3.63, 3.8) is 0 Å². The normalized spacial score (nSPS) is 21.6. The highest BCUT2D eigenvalue weighted by Gasteiger charge is 2.34. The number of benzene rings is 1. The Kier molecular flexibility index (Phi) is 7.03. The van der Waals surface area contributed by atoms with Gasteiger partial charge in [0.05, 0.1) is 0 Å². The highest BCUT2D eigenvalue weighted by molar-refractivity contribution is 5.85. The van der Waals surface area contributed by atoms with Crippen LogP contribution in [0.5, 0.6) is 0 Å². The molecule has 0 spiro atoms. The summed E-state index contributed by atoms with van der Waals surface area (Å²) in [7, 11) is 0. The van der Waals surface area contributed by atoms with E-state index in [1.54, 1.807) is 0 Å². The molecule has 3 nitrogen and oxygen atoms in total. The van der Waals surface area contributed by atoms with E-state index in [0.717, 1.165) is 25.9 Å². The molecule has 1 fully saturated rings. The van der Waals surface area contributed by atoms with Crippen LogP contribution >= 0.6 is 12.4 Å². The van der Waals surface area contributed by atoms with Crippen molar-refractivity contribution in [2.75, 3.05) is 19.6 Å². The number of hydrogen-bond acceptors (Lipinski definition) is 2. The van der Waals surface area contributed by atoms with Gasteiger partial charge in [-0.1, -0.05) is 43.7 Å². The Hall–Kier alpha value is -1.06. The van der Waals surface area contributed by atoms with E-state index in [2.05, 4.69) is 31.2 Å². The van der Waals surface area contributed by atoms with Crippen LogP contribution < -0.4 is 5.73 Å². The van der Waals surface area contributed by atoms with E-state index < -0.39 is 0 Å². The minimum Gasteiger partial charge on any atom is -0.342 e. The fourth-order valence-corrected chi connectivity index (χ4v) is 2.88. The number of likely N-dealkylation sites (tertiary alicyclic amines) is 1. The Morgan fingerprint density at radius 3 is 2.60 bits per heavy atom. The fraction of sp³-hybridized carbons (Fsp3) is 0.562. The van der Waals surface area contributed by atoms with Crippen LogP contribution in [-0.4, -0.2) is 30.4 Å². The molecule has 0 unspecified atom stereocenters. The Bertz CT molecular complexity index is 410. The van der Waals surface area contributed by atoms with Crippen LogP contribution in [-0.2, 0) is 4.79 Å². The molecule has 1 aromatic rings. The average Bonchev–Trinajstić information content (AvgIpc) is 2.90. The van der Waals surface area contributed by atoms with Crippen molar-refractivity contribution >= 4 is 18.3 Å². The zero-order chi connectivity index (χ0) is 13.7. The molecule has 0 aliphatic carbocycles. The molecular weight excluding hydrogens is 272 g/mol. The van der Waals surface area contributed by atoms with Crippen molar-refractivity contribution in [1.29, 1.82) is 0 Å². The maximum absolute atomic E-state index is 12.1. The summed E-state index contributed by atoms with van der Waals surface area (Å²) in [5, 5.41) is 0. The number of unbranched alkanes of at least 4 members (excludes halogenated alkanes) is 1. The van der Waals surface area contributed by atoms with Crippen LogP contribution in [0, 0.1) is 5.92 Å². The van der Waals surface area contributed by atoms with Crippen molar-refractivity contribution in [3.05, 3.63) is 35.9 Å². The third-order valence-electron chi connectivity index (χ3n) is 4.07. The molecule has 2 N–H and O–H groups in total. The molecule has 1 aromatic carbocycles. The summed E-state index contributed by atoms with van der Waals surface area (Å²) in [5.41, 5.74) is 7.20. The molecule has 1 aliphatic rings. The van der Waals surface area contributed by atoms with Crippen molar-refractivity contribution in [1.82, 2.24) is 4.90 Å². The molecule has 1 heterocycles. The van der Waals surface area contributed by atoms with Gasteiger partial charge in [-0.25, -0.2) is 0 Å². The number of halogens is 1. The molecule has 20 heavy (non-hydrogen) atoms. The Morgan fingerprint density at radius 2 is 2.00 bits per heavy atom. The highest BCUT2D eigenvalue weighted by Crippen LogP contribution is 2.32. The monoisotopic (exact) mass is 296 g/mol. The lowest BCUT2D eigenvalue weighted by atomic mass is 9.89. The third kappa shape index (κ3) is 3.97. The van der Waals surface area contributed by atoms with Crippen LogP contribution in [0.4, 0.5) is 0 Å². The van der Waals surface area contributed by atoms with Gasteiger partial charge in [0, 0.05) is 25.4 Å². The van der Waals surface area contributed by atoms with E-state index in [9.17, 15) is 4.79 Å². The van der Waals surface area contributed by atoms with Crippen molar-refractivity contribution < 1.29 is 4.79 Å². The van der Waals surface area contributed by atoms with E-state index >= 15 is 0 Å². The molecule has 0 bridgehead atoms. The molecule has 0 radical (unpaired) electrons. The second-order valence-electron chi connectivity index (χ2n) is 5.42. The zero-order valence-electron chi connectivity index (χ0n) is 12.1. The molecule has 0 aromatic heterocycles. The molecular formula is C16H25ClN2O. The van der Waals surface area contributed by atoms with E-state index in [1.807, 2.05) is 11.0 Å². The van der Waals surface area contributed by atoms with E-state index in [4.69, 9.17) is 5.73 Å². The first-order valence-electron chi connectivity index (χ1n) is 7.29. The number of amides is 1. The van der Waals surface area contributed by atoms with E-state index in [1.165, 1.54) is 5.56 Å². The standard InChI is InChI=1S/C16H24N2O.ClH/c1-2-3-9-16(19)18-11-14(10-17)15(12-18)13-7-5-4-6-8-13;/h4-8,14-15H,2-3,9-12,17H2,1H3;1H/t14-,15+;/m1./s1. The highest BCUT2D eigenvalue weighted by atomic mass is 35.5. The smallest absolute Gasteiger partial charge is 0.222 e. The second kappa shape index (κ2) is 8.28. The first kappa shape index (κ1) is 17.0. The SMILES string of the molecule is CCCCC(=O)N1C[C@@H](CN)[C@H](c2ccccc2)C1.Cl. The number of carbonyl (C=O) groups excluding carboxylic acids is 1. The molecule has 4 heteroatoms. The summed E-state index contributed by atoms with van der Waals surface area (Å²) in [6.07, 6.45) is 2.73. The summed E-state index contributed by atoms with van der Waals surface area (Å²) >= 11 is 0. The van der Waals surface area contributed by atoms with Gasteiger partial charge in [0.15, 0.2) is 0 Å². The number of carbonyl (C=O) groups is 1. The Morgan fingerprint density at radius 1 is 1.30 bits per heavy atom. The van der Waals surface area contributed by atoms with Crippen molar-refractivity contribution in [3.8, 4) is 0 Å². The van der Waals surface area contributed by atoms with Crippen molar-refractivity contribution in [2.24, 2.45) is 11.7 Å². The number of nitrogens with zero attached hydrogens (tertiary/aromatic N) is 1. The maximum atomic E-state index is 12.1. The van der Waals surface area contributed by atoms with Crippen LogP contribution in [0.25, 0.3) is 0 Å². The van der Waals surface area contributed by atoms with Gasteiger partial charge < -0.3 is 10.6 Å². The van der Waals surface area contributed by atoms with E-state index in [-0.39, 0.29) is 12.4 Å². The lowest BCUT2D eigenvalue weighted by molar-refractivity contribution is -0.130. The summed E-state index contributed by atoms with van der Waals surface area (Å²) in [6.45, 7) is 4.41. The Balaban J connectivity index is 0.00000200. The topological polar surface area (TPSA) is 46.3 Å². The van der Waals surface area contributed by atoms with Gasteiger partial charge in [0.1, 0.15) is 0 Å². The molecule has 2 rings (SSSR count). The third-order valence-corrected chi connectivity index (χ3v) is 4.07. The van der Waals surface area contributed by atoms with Gasteiger partial charge >= 0.3 is 0 Å². The summed E-state index contributed by atoms with van der Waals surface area (Å²) in [6, 6.07) is 10.4. The Labute approximate surface area is 127 Å². The van der Waals surface area contributed by atoms with Gasteiger partial charge in [0.25, 0.3) is 0 Å². The minimum atomic E-state index is 0. The molecule has 112 valence electrons. The van der Waals surface area contributed by atoms with Crippen LogP contribution in [0.15, 0.2) is 30.3 Å². The van der Waals surface area contributed by atoms with Crippen LogP contribution in [0.2, 0.25) is 0 Å². The molecule has 1 amide bonds. The van der Waals surface area contributed by atoms with Gasteiger partial charge in [-0.2, -0.15) is 0 Å². The molecule has 1 saturated heterocycles. The summed E-state index contributed by atoms with van der Waals surface area (Å²) in [4.78, 5) is 14.1. The minimum absolute atomic E-state index is 0. The van der Waals surface area contributed by atoms with Gasteiger partial charge in [-0.3, -0.25) is 4.79 Å². The predicted octanol–water partition coefficient (Wildman–Crippen LogP) is 2.80. The molecule has 0 saturated carbocycles. The van der Waals surface area contributed by atoms with Gasteiger partial charge in [-0.15, -0.1) is 12.4 Å². The summed E-state index contributed by atoms with van der Waals surface area (Å²) < 4.78 is 0. The summed E-state index contributed by atoms with van der Waals surface area (Å²) in [5.74, 6) is 1.09. The molecule has 1 aliphatic heterocycles. The first-order valence-corrected chi connectivity index (χ1v) is 7.29. The second-order valence-corrected chi connectivity index (χ2v) is 5.42. The predicted molar refractivity (Wildman–Crippen MR) is 85.1 cm³/mol. The van der Waals surface area contributed by atoms with Gasteiger partial charge in [0.2, 0.25) is 5.91 Å². The number of rotatable bonds is 5. The van der Waals surface area contributed by atoms with E-state index in [0.29, 0.717) is 30.7 Å². The number of nitrogens with two attached hydrogens (primary N) is 1.